The fourth-order valence-electron chi connectivity index (χ4n) is 1.60. The summed E-state index contributed by atoms with van der Waals surface area (Å²) in [6.07, 6.45) is 5.58. The molecule has 0 amide bonds. The first-order valence-electron chi connectivity index (χ1n) is 6.57. The molecule has 2 rings (SSSR count). The number of hydrogen-bond acceptors (Lipinski definition) is 5. The lowest BCUT2D eigenvalue weighted by Gasteiger charge is -2.17. The summed E-state index contributed by atoms with van der Waals surface area (Å²) in [4.78, 5) is 0. The van der Waals surface area contributed by atoms with Crippen molar-refractivity contribution in [1.82, 2.24) is 14.9 Å². The number of aromatic nitrogens is 3. The van der Waals surface area contributed by atoms with Crippen molar-refractivity contribution in [3.63, 3.8) is 0 Å². The first-order chi connectivity index (χ1) is 10.1. The maximum Gasteiger partial charge on any atom is 0.180 e. The zero-order valence-corrected chi connectivity index (χ0v) is 12.9. The van der Waals surface area contributed by atoms with Crippen molar-refractivity contribution >= 4 is 17.8 Å². The van der Waals surface area contributed by atoms with Gasteiger partial charge >= 0.3 is 0 Å². The summed E-state index contributed by atoms with van der Waals surface area (Å²) >= 11 is 6.28. The minimum atomic E-state index is 0.0629. The van der Waals surface area contributed by atoms with E-state index in [1.165, 1.54) is 17.3 Å². The third kappa shape index (κ3) is 3.95. The fourth-order valence-corrected chi connectivity index (χ4v) is 1.87. The number of halogens is 1. The second-order valence-corrected chi connectivity index (χ2v) is 4.86. The van der Waals surface area contributed by atoms with Crippen LogP contribution in [0.15, 0.2) is 29.9 Å². The maximum absolute atomic E-state index is 6.28. The van der Waals surface area contributed by atoms with Crippen LogP contribution in [0.4, 0.5) is 0 Å². The third-order valence-electron chi connectivity index (χ3n) is 2.89. The van der Waals surface area contributed by atoms with Crippen molar-refractivity contribution in [2.45, 2.75) is 26.4 Å². The van der Waals surface area contributed by atoms with E-state index < -0.39 is 0 Å². The van der Waals surface area contributed by atoms with E-state index in [9.17, 15) is 0 Å². The molecule has 6 nitrogen and oxygen atoms in total. The second-order valence-electron chi connectivity index (χ2n) is 4.46. The van der Waals surface area contributed by atoms with Gasteiger partial charge in [-0.1, -0.05) is 18.5 Å². The second kappa shape index (κ2) is 7.08. The predicted octanol–water partition coefficient (Wildman–Crippen LogP) is 3.00. The summed E-state index contributed by atoms with van der Waals surface area (Å²) in [7, 11) is 1.58. The van der Waals surface area contributed by atoms with Crippen LogP contribution >= 0.6 is 11.6 Å². The molecule has 0 bridgehead atoms. The highest BCUT2D eigenvalue weighted by atomic mass is 35.5. The Balaban J connectivity index is 2.27. The van der Waals surface area contributed by atoms with Crippen molar-refractivity contribution < 1.29 is 9.47 Å². The number of methoxy groups -OCH3 is 1. The summed E-state index contributed by atoms with van der Waals surface area (Å²) in [5.41, 5.74) is 0.794. The molecule has 0 aliphatic heterocycles. The Morgan fingerprint density at radius 1 is 1.38 bits per heavy atom. The Kier molecular flexibility index (Phi) is 5.16. The molecule has 21 heavy (non-hydrogen) atoms. The van der Waals surface area contributed by atoms with Gasteiger partial charge in [-0.3, -0.25) is 0 Å². The van der Waals surface area contributed by atoms with Gasteiger partial charge < -0.3 is 9.47 Å². The Morgan fingerprint density at radius 3 is 2.71 bits per heavy atom. The summed E-state index contributed by atoms with van der Waals surface area (Å²) in [6, 6.07) is 3.59. The molecule has 7 heteroatoms. The Bertz CT molecular complexity index is 614. The van der Waals surface area contributed by atoms with Crippen molar-refractivity contribution in [1.29, 1.82) is 0 Å². The first-order valence-corrected chi connectivity index (χ1v) is 6.95. The van der Waals surface area contributed by atoms with Crippen LogP contribution in [0.2, 0.25) is 5.02 Å². The molecular formula is C14H17ClN4O2. The van der Waals surface area contributed by atoms with Crippen molar-refractivity contribution in [3.05, 3.63) is 35.4 Å². The minimum Gasteiger partial charge on any atom is -0.493 e. The molecule has 1 unspecified atom stereocenters. The molecule has 2 aromatic rings. The van der Waals surface area contributed by atoms with Crippen LogP contribution in [-0.4, -0.2) is 34.3 Å². The van der Waals surface area contributed by atoms with E-state index in [1.807, 2.05) is 19.9 Å². The van der Waals surface area contributed by atoms with Gasteiger partial charge in [0.25, 0.3) is 0 Å². The van der Waals surface area contributed by atoms with Gasteiger partial charge in [-0.2, -0.15) is 5.10 Å². The van der Waals surface area contributed by atoms with Crippen LogP contribution in [0.5, 0.6) is 11.5 Å². The number of ether oxygens (including phenoxy) is 2. The van der Waals surface area contributed by atoms with E-state index in [0.717, 1.165) is 12.0 Å². The van der Waals surface area contributed by atoms with Gasteiger partial charge in [-0.15, -0.1) is 10.2 Å². The van der Waals surface area contributed by atoms with Crippen LogP contribution in [0, 0.1) is 0 Å². The average Bonchev–Trinajstić information content (AvgIpc) is 3.00. The van der Waals surface area contributed by atoms with Gasteiger partial charge in [0.2, 0.25) is 0 Å². The van der Waals surface area contributed by atoms with Gasteiger partial charge in [0.05, 0.1) is 24.5 Å². The molecule has 0 N–H and O–H groups in total. The standard InChI is InChI=1S/C14H17ClN4O2/c1-4-10(2)21-14-12(15)5-11(6-13(14)20-3)7-18-19-8-16-17-9-19/h5-10H,4H2,1-3H3. The molecule has 0 aliphatic rings. The predicted molar refractivity (Wildman–Crippen MR) is 81.4 cm³/mol. The van der Waals surface area contributed by atoms with E-state index in [-0.39, 0.29) is 6.10 Å². The summed E-state index contributed by atoms with van der Waals surface area (Å²) in [6.45, 7) is 4.03. The van der Waals surface area contributed by atoms with E-state index >= 15 is 0 Å². The van der Waals surface area contributed by atoms with E-state index in [0.29, 0.717) is 16.5 Å². The molecule has 1 aromatic heterocycles. The van der Waals surface area contributed by atoms with Crippen molar-refractivity contribution in [3.8, 4) is 11.5 Å². The summed E-state index contributed by atoms with van der Waals surface area (Å²) in [5, 5.41) is 12.0. The third-order valence-corrected chi connectivity index (χ3v) is 3.17. The quantitative estimate of drug-likeness (QED) is 0.770. The molecule has 1 heterocycles. The zero-order valence-electron chi connectivity index (χ0n) is 12.2. The van der Waals surface area contributed by atoms with Gasteiger partial charge in [0.1, 0.15) is 12.7 Å². The zero-order chi connectivity index (χ0) is 15.2. The lowest BCUT2D eigenvalue weighted by molar-refractivity contribution is 0.208. The molecule has 0 spiro atoms. The monoisotopic (exact) mass is 308 g/mol. The molecule has 1 atom stereocenters. The maximum atomic E-state index is 6.28. The van der Waals surface area contributed by atoms with Crippen LogP contribution in [0.25, 0.3) is 0 Å². The van der Waals surface area contributed by atoms with E-state index in [1.54, 1.807) is 19.4 Å². The van der Waals surface area contributed by atoms with Gasteiger partial charge in [0, 0.05) is 0 Å². The first kappa shape index (κ1) is 15.3. The normalized spacial score (nSPS) is 12.6. The molecular weight excluding hydrogens is 292 g/mol. The Labute approximate surface area is 128 Å². The molecule has 0 fully saturated rings. The highest BCUT2D eigenvalue weighted by molar-refractivity contribution is 6.32. The largest absolute Gasteiger partial charge is 0.493 e. The van der Waals surface area contributed by atoms with Crippen LogP contribution < -0.4 is 9.47 Å². The molecule has 1 aromatic carbocycles. The summed E-state index contributed by atoms with van der Waals surface area (Å²) in [5.74, 6) is 1.13. The number of rotatable bonds is 6. The minimum absolute atomic E-state index is 0.0629. The molecule has 0 saturated heterocycles. The van der Waals surface area contributed by atoms with E-state index in [4.69, 9.17) is 21.1 Å². The van der Waals surface area contributed by atoms with Crippen LogP contribution in [0.3, 0.4) is 0 Å². The number of nitrogens with zero attached hydrogens (tertiary/aromatic N) is 4. The molecule has 0 saturated carbocycles. The summed E-state index contributed by atoms with van der Waals surface area (Å²) < 4.78 is 12.6. The van der Waals surface area contributed by atoms with Gasteiger partial charge in [-0.05, 0) is 31.0 Å². The SMILES string of the molecule is CCC(C)Oc1c(Cl)cc(C=Nn2cnnc2)cc1OC. The number of benzene rings is 1. The van der Waals surface area contributed by atoms with Crippen molar-refractivity contribution in [2.24, 2.45) is 5.10 Å². The highest BCUT2D eigenvalue weighted by Gasteiger charge is 2.13. The Morgan fingerprint density at radius 2 is 2.10 bits per heavy atom. The lowest BCUT2D eigenvalue weighted by Crippen LogP contribution is -2.11. The average molecular weight is 309 g/mol. The molecule has 0 aliphatic carbocycles. The lowest BCUT2D eigenvalue weighted by atomic mass is 10.2. The van der Waals surface area contributed by atoms with Crippen LogP contribution in [0.1, 0.15) is 25.8 Å². The fraction of sp³-hybridized carbons (Fsp3) is 0.357. The topological polar surface area (TPSA) is 61.5 Å². The van der Waals surface area contributed by atoms with Gasteiger partial charge in [0.15, 0.2) is 11.5 Å². The van der Waals surface area contributed by atoms with Crippen LogP contribution in [-0.2, 0) is 0 Å². The number of hydrogen-bond donors (Lipinski definition) is 0. The molecule has 0 radical (unpaired) electrons. The van der Waals surface area contributed by atoms with Gasteiger partial charge in [-0.25, -0.2) is 4.68 Å². The van der Waals surface area contributed by atoms with Crippen molar-refractivity contribution in [2.75, 3.05) is 7.11 Å². The Hall–Kier alpha value is -2.08. The molecule has 112 valence electrons. The smallest absolute Gasteiger partial charge is 0.180 e. The highest BCUT2D eigenvalue weighted by Crippen LogP contribution is 2.37. The van der Waals surface area contributed by atoms with E-state index in [2.05, 4.69) is 15.3 Å².